The molecule has 0 aliphatic rings. The summed E-state index contributed by atoms with van der Waals surface area (Å²) in [5.41, 5.74) is 0.833. The van der Waals surface area contributed by atoms with Crippen molar-refractivity contribution in [1.29, 1.82) is 0 Å². The maximum Gasteiger partial charge on any atom is 0.253 e. The number of nitrogens with one attached hydrogen (secondary N) is 1. The first-order valence-corrected chi connectivity index (χ1v) is 7.59. The number of likely N-dealkylation sites (N-methyl/N-ethyl adjacent to an activating group) is 1. The van der Waals surface area contributed by atoms with Crippen LogP contribution < -0.4 is 4.72 Å². The number of carbonyl (C=O) groups excluding carboxylic acids is 1. The average molecular weight is 286 g/mol. The van der Waals surface area contributed by atoms with E-state index < -0.39 is 16.1 Å². The molecule has 1 rings (SSSR count). The van der Waals surface area contributed by atoms with Crippen molar-refractivity contribution in [3.05, 3.63) is 29.8 Å². The van der Waals surface area contributed by atoms with Gasteiger partial charge in [0.25, 0.3) is 5.91 Å². The molecule has 0 radical (unpaired) electrons. The standard InChI is InChI=1S/C12H18N2O4S/c1-9(15)8-14(2)12(16)10-4-6-11(7-5-10)13-19(3,17)18/h4-7,9,13,15H,8H2,1-3H3. The van der Waals surface area contributed by atoms with Crippen molar-refractivity contribution in [1.82, 2.24) is 4.90 Å². The smallest absolute Gasteiger partial charge is 0.253 e. The molecular weight excluding hydrogens is 268 g/mol. The zero-order chi connectivity index (χ0) is 14.6. The van der Waals surface area contributed by atoms with Gasteiger partial charge in [0.2, 0.25) is 10.0 Å². The van der Waals surface area contributed by atoms with Gasteiger partial charge in [0.1, 0.15) is 0 Å². The minimum atomic E-state index is -3.32. The number of aliphatic hydroxyl groups excluding tert-OH is 1. The SMILES string of the molecule is CC(O)CN(C)C(=O)c1ccc(NS(C)(=O)=O)cc1. The van der Waals surface area contributed by atoms with Gasteiger partial charge in [-0.05, 0) is 31.2 Å². The van der Waals surface area contributed by atoms with Crippen LogP contribution in [0.3, 0.4) is 0 Å². The molecule has 7 heteroatoms. The van der Waals surface area contributed by atoms with Crippen LogP contribution in [0.5, 0.6) is 0 Å². The molecule has 1 amide bonds. The Balaban J connectivity index is 2.78. The third-order valence-corrected chi connectivity index (χ3v) is 2.93. The predicted octanol–water partition coefficient (Wildman–Crippen LogP) is 0.511. The zero-order valence-corrected chi connectivity index (χ0v) is 11.9. The fourth-order valence-corrected chi connectivity index (χ4v) is 2.16. The minimum Gasteiger partial charge on any atom is -0.392 e. The van der Waals surface area contributed by atoms with E-state index in [1.165, 1.54) is 29.2 Å². The van der Waals surface area contributed by atoms with E-state index in [-0.39, 0.29) is 12.5 Å². The van der Waals surface area contributed by atoms with Gasteiger partial charge in [-0.2, -0.15) is 0 Å². The second kappa shape index (κ2) is 6.03. The van der Waals surface area contributed by atoms with Gasteiger partial charge in [-0.25, -0.2) is 8.42 Å². The lowest BCUT2D eigenvalue weighted by Gasteiger charge is -2.18. The van der Waals surface area contributed by atoms with Gasteiger partial charge in [0.05, 0.1) is 12.4 Å². The first-order valence-electron chi connectivity index (χ1n) is 5.70. The number of nitrogens with zero attached hydrogens (tertiary/aromatic N) is 1. The maximum absolute atomic E-state index is 12.0. The van der Waals surface area contributed by atoms with E-state index in [0.29, 0.717) is 11.3 Å². The third-order valence-electron chi connectivity index (χ3n) is 2.32. The number of aliphatic hydroxyl groups is 1. The Hall–Kier alpha value is -1.60. The molecule has 0 saturated heterocycles. The Labute approximate surface area is 113 Å². The Bertz CT molecular complexity index is 537. The lowest BCUT2D eigenvalue weighted by molar-refractivity contribution is 0.0704. The van der Waals surface area contributed by atoms with Gasteiger partial charge in [0, 0.05) is 24.8 Å². The van der Waals surface area contributed by atoms with Crippen LogP contribution in [0.4, 0.5) is 5.69 Å². The molecule has 1 aromatic rings. The Morgan fingerprint density at radius 1 is 1.37 bits per heavy atom. The summed E-state index contributed by atoms with van der Waals surface area (Å²) < 4.78 is 24.4. The molecule has 6 nitrogen and oxygen atoms in total. The molecule has 0 heterocycles. The van der Waals surface area contributed by atoms with Gasteiger partial charge in [0.15, 0.2) is 0 Å². The first kappa shape index (κ1) is 15.5. The topological polar surface area (TPSA) is 86.7 Å². The molecule has 0 spiro atoms. The van der Waals surface area contributed by atoms with Crippen LogP contribution in [0.15, 0.2) is 24.3 Å². The number of hydrogen-bond acceptors (Lipinski definition) is 4. The van der Waals surface area contributed by atoms with E-state index in [4.69, 9.17) is 0 Å². The van der Waals surface area contributed by atoms with Crippen molar-refractivity contribution < 1.29 is 18.3 Å². The quantitative estimate of drug-likeness (QED) is 0.825. The highest BCUT2D eigenvalue weighted by Gasteiger charge is 2.13. The van der Waals surface area contributed by atoms with Gasteiger partial charge < -0.3 is 10.0 Å². The second-order valence-electron chi connectivity index (χ2n) is 4.49. The molecule has 0 aliphatic carbocycles. The summed E-state index contributed by atoms with van der Waals surface area (Å²) in [5.74, 6) is -0.230. The van der Waals surface area contributed by atoms with Gasteiger partial charge >= 0.3 is 0 Å². The highest BCUT2D eigenvalue weighted by Crippen LogP contribution is 2.12. The van der Waals surface area contributed by atoms with E-state index in [0.717, 1.165) is 6.26 Å². The fourth-order valence-electron chi connectivity index (χ4n) is 1.59. The lowest BCUT2D eigenvalue weighted by atomic mass is 10.2. The molecule has 0 saturated carbocycles. The summed E-state index contributed by atoms with van der Waals surface area (Å²) in [4.78, 5) is 13.4. The van der Waals surface area contributed by atoms with Crippen LogP contribution in [0.1, 0.15) is 17.3 Å². The highest BCUT2D eigenvalue weighted by atomic mass is 32.2. The minimum absolute atomic E-state index is 0.230. The van der Waals surface area contributed by atoms with Crippen LogP contribution in [-0.4, -0.2) is 50.3 Å². The van der Waals surface area contributed by atoms with Crippen LogP contribution in [0.25, 0.3) is 0 Å². The molecule has 1 unspecified atom stereocenters. The van der Waals surface area contributed by atoms with Gasteiger partial charge in [-0.1, -0.05) is 0 Å². The largest absolute Gasteiger partial charge is 0.392 e. The molecule has 1 atom stereocenters. The molecular formula is C12H18N2O4S. The molecule has 0 aliphatic heterocycles. The van der Waals surface area contributed by atoms with Crippen molar-refractivity contribution in [2.75, 3.05) is 24.6 Å². The monoisotopic (exact) mass is 286 g/mol. The molecule has 1 aromatic carbocycles. The number of anilines is 1. The van der Waals surface area contributed by atoms with Crippen LogP contribution in [0, 0.1) is 0 Å². The maximum atomic E-state index is 12.0. The summed E-state index contributed by atoms with van der Waals surface area (Å²) in [6, 6.07) is 6.11. The van der Waals surface area contributed by atoms with E-state index in [9.17, 15) is 18.3 Å². The van der Waals surface area contributed by atoms with Crippen molar-refractivity contribution in [3.63, 3.8) is 0 Å². The molecule has 0 fully saturated rings. The van der Waals surface area contributed by atoms with E-state index in [1.54, 1.807) is 14.0 Å². The molecule has 0 bridgehead atoms. The van der Waals surface area contributed by atoms with Crippen LogP contribution in [0.2, 0.25) is 0 Å². The lowest BCUT2D eigenvalue weighted by Crippen LogP contribution is -2.33. The Kier molecular flexibility index (Phi) is 4.90. The number of sulfonamides is 1. The number of rotatable bonds is 5. The first-order chi connectivity index (χ1) is 8.69. The van der Waals surface area contributed by atoms with Crippen molar-refractivity contribution >= 4 is 21.6 Å². The summed E-state index contributed by atoms with van der Waals surface area (Å²) >= 11 is 0. The van der Waals surface area contributed by atoms with Crippen molar-refractivity contribution in [3.8, 4) is 0 Å². The fraction of sp³-hybridized carbons (Fsp3) is 0.417. The Morgan fingerprint density at radius 3 is 2.32 bits per heavy atom. The normalized spacial score (nSPS) is 12.8. The predicted molar refractivity (Wildman–Crippen MR) is 73.5 cm³/mol. The summed E-state index contributed by atoms with van der Waals surface area (Å²) in [6.45, 7) is 1.84. The number of hydrogen-bond donors (Lipinski definition) is 2. The number of carbonyl (C=O) groups is 1. The summed E-state index contributed by atoms with van der Waals surface area (Å²) in [5, 5.41) is 9.22. The van der Waals surface area contributed by atoms with Crippen LogP contribution in [-0.2, 0) is 10.0 Å². The molecule has 106 valence electrons. The highest BCUT2D eigenvalue weighted by molar-refractivity contribution is 7.92. The van der Waals surface area contributed by atoms with E-state index in [1.807, 2.05) is 0 Å². The summed E-state index contributed by atoms with van der Waals surface area (Å²) in [6.07, 6.45) is 0.461. The molecule has 19 heavy (non-hydrogen) atoms. The van der Waals surface area contributed by atoms with Crippen LogP contribution >= 0.6 is 0 Å². The van der Waals surface area contributed by atoms with Gasteiger partial charge in [-0.3, -0.25) is 9.52 Å². The van der Waals surface area contributed by atoms with Crippen molar-refractivity contribution in [2.45, 2.75) is 13.0 Å². The number of benzene rings is 1. The second-order valence-corrected chi connectivity index (χ2v) is 6.23. The van der Waals surface area contributed by atoms with E-state index >= 15 is 0 Å². The third kappa shape index (κ3) is 5.27. The number of amides is 1. The molecule has 2 N–H and O–H groups in total. The molecule has 0 aromatic heterocycles. The summed E-state index contributed by atoms with van der Waals surface area (Å²) in [7, 11) is -1.73. The van der Waals surface area contributed by atoms with E-state index in [2.05, 4.69) is 4.72 Å². The zero-order valence-electron chi connectivity index (χ0n) is 11.1. The Morgan fingerprint density at radius 2 is 1.89 bits per heavy atom. The van der Waals surface area contributed by atoms with Crippen molar-refractivity contribution in [2.24, 2.45) is 0 Å². The van der Waals surface area contributed by atoms with Gasteiger partial charge in [-0.15, -0.1) is 0 Å². The average Bonchev–Trinajstić information content (AvgIpc) is 2.26.